The lowest BCUT2D eigenvalue weighted by molar-refractivity contribution is 0.149. The summed E-state index contributed by atoms with van der Waals surface area (Å²) in [7, 11) is 0. The molecule has 1 N–H and O–H groups in total. The van der Waals surface area contributed by atoms with Gasteiger partial charge in [-0.1, -0.05) is 0 Å². The molecule has 1 fully saturated rings. The summed E-state index contributed by atoms with van der Waals surface area (Å²) in [6.45, 7) is 5.64. The Morgan fingerprint density at radius 2 is 2.27 bits per heavy atom. The molecule has 0 saturated carbocycles. The number of rotatable bonds is 3. The monoisotopic (exact) mass is 228 g/mol. The van der Waals surface area contributed by atoms with E-state index in [0.717, 1.165) is 26.2 Å². The van der Waals surface area contributed by atoms with Crippen LogP contribution in [-0.2, 0) is 0 Å². The largest absolute Gasteiger partial charge is 0.314 e. The number of hydrogen-bond donors (Lipinski definition) is 1. The predicted octanol–water partition coefficient (Wildman–Crippen LogP) is 1.97. The van der Waals surface area contributed by atoms with Gasteiger partial charge >= 0.3 is 0 Å². The maximum Gasteiger partial charge on any atom is 0.110 e. The van der Waals surface area contributed by atoms with Gasteiger partial charge in [0.1, 0.15) is 6.67 Å². The maximum atomic E-state index is 13.1. The van der Waals surface area contributed by atoms with Gasteiger partial charge in [0.05, 0.1) is 6.04 Å². The zero-order valence-electron chi connectivity index (χ0n) is 9.00. The van der Waals surface area contributed by atoms with Crippen LogP contribution < -0.4 is 5.32 Å². The van der Waals surface area contributed by atoms with E-state index in [-0.39, 0.29) is 12.7 Å². The lowest BCUT2D eigenvalue weighted by Crippen LogP contribution is -2.45. The van der Waals surface area contributed by atoms with Gasteiger partial charge in [-0.15, -0.1) is 11.3 Å². The van der Waals surface area contributed by atoms with Crippen LogP contribution in [0.3, 0.4) is 0 Å². The summed E-state index contributed by atoms with van der Waals surface area (Å²) in [4.78, 5) is 3.44. The summed E-state index contributed by atoms with van der Waals surface area (Å²) in [5.74, 6) is 0. The van der Waals surface area contributed by atoms with E-state index < -0.39 is 0 Å². The number of nitrogens with zero attached hydrogens (tertiary/aromatic N) is 1. The molecular formula is C11H17FN2S. The zero-order valence-corrected chi connectivity index (χ0v) is 9.82. The minimum absolute atomic E-state index is 0.0212. The average Bonchev–Trinajstić information content (AvgIpc) is 2.68. The summed E-state index contributed by atoms with van der Waals surface area (Å²) in [5.41, 5.74) is 1.22. The fourth-order valence-corrected chi connectivity index (χ4v) is 3.09. The molecule has 2 rings (SSSR count). The third-order valence-corrected chi connectivity index (χ3v) is 4.06. The molecule has 1 atom stereocenters. The minimum atomic E-state index is -0.276. The first kappa shape index (κ1) is 11.0. The third kappa shape index (κ3) is 2.38. The second kappa shape index (κ2) is 5.05. The Kier molecular flexibility index (Phi) is 3.72. The molecule has 84 valence electrons. The van der Waals surface area contributed by atoms with Crippen LogP contribution in [0.1, 0.15) is 16.5 Å². The van der Waals surface area contributed by atoms with Crippen molar-refractivity contribution < 1.29 is 4.39 Å². The quantitative estimate of drug-likeness (QED) is 0.851. The van der Waals surface area contributed by atoms with Crippen molar-refractivity contribution in [3.05, 3.63) is 21.9 Å². The van der Waals surface area contributed by atoms with Gasteiger partial charge in [0.15, 0.2) is 0 Å². The molecule has 0 spiro atoms. The molecule has 4 heteroatoms. The van der Waals surface area contributed by atoms with Gasteiger partial charge in [-0.05, 0) is 23.9 Å². The van der Waals surface area contributed by atoms with Gasteiger partial charge in [0, 0.05) is 31.1 Å². The van der Waals surface area contributed by atoms with Crippen molar-refractivity contribution in [2.24, 2.45) is 0 Å². The van der Waals surface area contributed by atoms with E-state index in [0.29, 0.717) is 0 Å². The van der Waals surface area contributed by atoms with Crippen molar-refractivity contribution in [3.63, 3.8) is 0 Å². The number of alkyl halides is 1. The highest BCUT2D eigenvalue weighted by Crippen LogP contribution is 2.29. The van der Waals surface area contributed by atoms with Gasteiger partial charge in [-0.25, -0.2) is 4.39 Å². The summed E-state index contributed by atoms with van der Waals surface area (Å²) in [6.07, 6.45) is 0. The molecule has 0 aliphatic carbocycles. The van der Waals surface area contributed by atoms with Crippen molar-refractivity contribution >= 4 is 11.3 Å². The lowest BCUT2D eigenvalue weighted by Gasteiger charge is -2.33. The molecule has 1 aliphatic rings. The summed E-state index contributed by atoms with van der Waals surface area (Å²) >= 11 is 1.67. The van der Waals surface area contributed by atoms with Gasteiger partial charge in [-0.2, -0.15) is 0 Å². The van der Waals surface area contributed by atoms with Crippen LogP contribution in [0.15, 0.2) is 11.4 Å². The fraction of sp³-hybridized carbons (Fsp3) is 0.636. The minimum Gasteiger partial charge on any atom is -0.314 e. The first-order valence-electron chi connectivity index (χ1n) is 5.37. The molecule has 1 aromatic heterocycles. The van der Waals surface area contributed by atoms with E-state index in [1.807, 2.05) is 0 Å². The Hall–Kier alpha value is -0.450. The Morgan fingerprint density at radius 3 is 2.80 bits per heavy atom. The van der Waals surface area contributed by atoms with Crippen molar-refractivity contribution in [3.8, 4) is 0 Å². The van der Waals surface area contributed by atoms with E-state index in [9.17, 15) is 4.39 Å². The number of halogens is 1. The van der Waals surface area contributed by atoms with Crippen LogP contribution in [0, 0.1) is 6.92 Å². The summed E-state index contributed by atoms with van der Waals surface area (Å²) in [5, 5.41) is 5.34. The highest BCUT2D eigenvalue weighted by atomic mass is 32.1. The average molecular weight is 228 g/mol. The predicted molar refractivity (Wildman–Crippen MR) is 62.2 cm³/mol. The van der Waals surface area contributed by atoms with Crippen LogP contribution >= 0.6 is 11.3 Å². The van der Waals surface area contributed by atoms with E-state index in [1.165, 1.54) is 10.4 Å². The van der Waals surface area contributed by atoms with Gasteiger partial charge in [0.2, 0.25) is 0 Å². The Balaban J connectivity index is 2.12. The fourth-order valence-electron chi connectivity index (χ4n) is 2.05. The molecule has 0 radical (unpaired) electrons. The van der Waals surface area contributed by atoms with Crippen LogP contribution in [0.2, 0.25) is 0 Å². The van der Waals surface area contributed by atoms with Crippen LogP contribution in [0.25, 0.3) is 0 Å². The maximum absolute atomic E-state index is 13.1. The molecule has 15 heavy (non-hydrogen) atoms. The number of thiophene rings is 1. The summed E-state index contributed by atoms with van der Waals surface area (Å²) in [6, 6.07) is 2.05. The van der Waals surface area contributed by atoms with Crippen molar-refractivity contribution in [2.45, 2.75) is 13.0 Å². The van der Waals surface area contributed by atoms with Crippen molar-refractivity contribution in [1.82, 2.24) is 10.2 Å². The SMILES string of the molecule is Cc1ccsc1[C@H](CF)N1CCNCC1. The number of hydrogen-bond acceptors (Lipinski definition) is 3. The Bertz CT molecular complexity index is 307. The highest BCUT2D eigenvalue weighted by molar-refractivity contribution is 7.10. The third-order valence-electron chi connectivity index (χ3n) is 2.94. The van der Waals surface area contributed by atoms with Gasteiger partial charge in [-0.3, -0.25) is 4.90 Å². The molecule has 1 aliphatic heterocycles. The standard InChI is InChI=1S/C11H17FN2S/c1-9-2-7-15-11(9)10(8-12)14-5-3-13-4-6-14/h2,7,10,13H,3-6,8H2,1H3/t10-/m0/s1. The molecule has 2 nitrogen and oxygen atoms in total. The number of piperazine rings is 1. The summed E-state index contributed by atoms with van der Waals surface area (Å²) < 4.78 is 13.1. The molecule has 0 bridgehead atoms. The smallest absolute Gasteiger partial charge is 0.110 e. The molecule has 1 aromatic rings. The topological polar surface area (TPSA) is 15.3 Å². The molecule has 1 saturated heterocycles. The van der Waals surface area contributed by atoms with Crippen molar-refractivity contribution in [1.29, 1.82) is 0 Å². The first-order valence-corrected chi connectivity index (χ1v) is 6.25. The van der Waals surface area contributed by atoms with Crippen LogP contribution in [0.4, 0.5) is 4.39 Å². The molecule has 0 amide bonds. The van der Waals surface area contributed by atoms with E-state index in [4.69, 9.17) is 0 Å². The normalized spacial score (nSPS) is 20.4. The van der Waals surface area contributed by atoms with Crippen LogP contribution in [-0.4, -0.2) is 37.8 Å². The second-order valence-electron chi connectivity index (χ2n) is 3.92. The second-order valence-corrected chi connectivity index (χ2v) is 4.87. The van der Waals surface area contributed by atoms with Gasteiger partial charge in [0.25, 0.3) is 0 Å². The molecule has 0 unspecified atom stereocenters. The first-order chi connectivity index (χ1) is 7.33. The number of aryl methyl sites for hydroxylation is 1. The van der Waals surface area contributed by atoms with Gasteiger partial charge < -0.3 is 5.32 Å². The zero-order chi connectivity index (χ0) is 10.7. The highest BCUT2D eigenvalue weighted by Gasteiger charge is 2.23. The van der Waals surface area contributed by atoms with E-state index >= 15 is 0 Å². The molecule has 0 aromatic carbocycles. The Morgan fingerprint density at radius 1 is 1.53 bits per heavy atom. The van der Waals surface area contributed by atoms with Crippen molar-refractivity contribution in [2.75, 3.05) is 32.9 Å². The Labute approximate surface area is 94.1 Å². The van der Waals surface area contributed by atoms with E-state index in [1.54, 1.807) is 11.3 Å². The number of nitrogens with one attached hydrogen (secondary N) is 1. The molecule has 2 heterocycles. The van der Waals surface area contributed by atoms with Crippen LogP contribution in [0.5, 0.6) is 0 Å². The molecular weight excluding hydrogens is 211 g/mol. The van der Waals surface area contributed by atoms with E-state index in [2.05, 4.69) is 28.6 Å². The lowest BCUT2D eigenvalue weighted by atomic mass is 10.1.